The third-order valence-corrected chi connectivity index (χ3v) is 8.16. The minimum absolute atomic E-state index is 0.0586. The standard InChI is InChI=1S/C30H23N5OS/c1-17(21-9-5-7-18-6-3-4-8-22(18)21)35-28-23-14-19(20-11-13-25-27(15-20)37-29(31)33-25)10-12-24(23)32-16-26(28)34(2)30(35)36/h3-17H,1-2H3,(H2,31,33)/t17-/m1/s1. The van der Waals surface area contributed by atoms with Crippen molar-refractivity contribution in [1.82, 2.24) is 19.1 Å². The second-order valence-corrected chi connectivity index (χ2v) is 10.5. The van der Waals surface area contributed by atoms with Crippen LogP contribution in [0.3, 0.4) is 0 Å². The van der Waals surface area contributed by atoms with Crippen molar-refractivity contribution in [3.8, 4) is 11.1 Å². The quantitative estimate of drug-likeness (QED) is 0.299. The minimum Gasteiger partial charge on any atom is -0.375 e. The van der Waals surface area contributed by atoms with Crippen LogP contribution in [0.25, 0.3) is 54.1 Å². The van der Waals surface area contributed by atoms with Crippen molar-refractivity contribution < 1.29 is 0 Å². The molecule has 4 aromatic carbocycles. The summed E-state index contributed by atoms with van der Waals surface area (Å²) >= 11 is 1.48. The van der Waals surface area contributed by atoms with Gasteiger partial charge in [0.1, 0.15) is 0 Å². The number of rotatable bonds is 3. The number of hydrogen-bond acceptors (Lipinski definition) is 5. The van der Waals surface area contributed by atoms with Crippen LogP contribution in [-0.4, -0.2) is 19.1 Å². The molecule has 0 saturated heterocycles. The molecule has 37 heavy (non-hydrogen) atoms. The smallest absolute Gasteiger partial charge is 0.329 e. The van der Waals surface area contributed by atoms with Gasteiger partial charge in [-0.05, 0) is 58.7 Å². The predicted octanol–water partition coefficient (Wildman–Crippen LogP) is 6.51. The zero-order valence-corrected chi connectivity index (χ0v) is 21.2. The van der Waals surface area contributed by atoms with E-state index in [-0.39, 0.29) is 11.7 Å². The molecule has 7 heteroatoms. The topological polar surface area (TPSA) is 78.7 Å². The van der Waals surface area contributed by atoms with Crippen molar-refractivity contribution in [3.05, 3.63) is 101 Å². The first kappa shape index (κ1) is 21.8. The fraction of sp³-hybridized carbons (Fsp3) is 0.100. The van der Waals surface area contributed by atoms with Gasteiger partial charge in [0.15, 0.2) is 5.13 Å². The third-order valence-electron chi connectivity index (χ3n) is 7.31. The molecule has 3 heterocycles. The predicted molar refractivity (Wildman–Crippen MR) is 153 cm³/mol. The van der Waals surface area contributed by atoms with E-state index in [0.717, 1.165) is 59.6 Å². The molecule has 2 N–H and O–H groups in total. The van der Waals surface area contributed by atoms with E-state index in [2.05, 4.69) is 66.5 Å². The van der Waals surface area contributed by atoms with Crippen LogP contribution in [0.1, 0.15) is 18.5 Å². The number of aromatic nitrogens is 4. The van der Waals surface area contributed by atoms with E-state index in [9.17, 15) is 4.79 Å². The number of hydrogen-bond donors (Lipinski definition) is 1. The fourth-order valence-corrected chi connectivity index (χ4v) is 6.22. The molecule has 0 amide bonds. The molecule has 0 aliphatic heterocycles. The van der Waals surface area contributed by atoms with Crippen LogP contribution >= 0.6 is 11.3 Å². The molecule has 0 radical (unpaired) electrons. The molecule has 1 atom stereocenters. The lowest BCUT2D eigenvalue weighted by atomic mass is 9.99. The number of benzene rings is 4. The molecule has 0 aliphatic carbocycles. The van der Waals surface area contributed by atoms with E-state index >= 15 is 0 Å². The molecule has 6 nitrogen and oxygen atoms in total. The summed E-state index contributed by atoms with van der Waals surface area (Å²) in [6.45, 7) is 2.10. The van der Waals surface area contributed by atoms with Gasteiger partial charge in [-0.15, -0.1) is 0 Å². The highest BCUT2D eigenvalue weighted by atomic mass is 32.1. The maximum Gasteiger partial charge on any atom is 0.329 e. The molecule has 0 fully saturated rings. The summed E-state index contributed by atoms with van der Waals surface area (Å²) in [5.41, 5.74) is 12.6. The second kappa shape index (κ2) is 8.01. The summed E-state index contributed by atoms with van der Waals surface area (Å²) < 4.78 is 4.66. The first-order chi connectivity index (χ1) is 18.0. The highest BCUT2D eigenvalue weighted by molar-refractivity contribution is 7.22. The number of pyridine rings is 1. The summed E-state index contributed by atoms with van der Waals surface area (Å²) in [5, 5.41) is 3.82. The number of fused-ring (bicyclic) bond motifs is 5. The van der Waals surface area contributed by atoms with E-state index in [4.69, 9.17) is 10.7 Å². The number of nitrogen functional groups attached to an aromatic ring is 1. The molecule has 0 aliphatic rings. The van der Waals surface area contributed by atoms with Crippen LogP contribution in [0.2, 0.25) is 0 Å². The van der Waals surface area contributed by atoms with Gasteiger partial charge in [-0.3, -0.25) is 14.1 Å². The van der Waals surface area contributed by atoms with Crippen molar-refractivity contribution in [3.63, 3.8) is 0 Å². The average molecular weight is 502 g/mol. The summed E-state index contributed by atoms with van der Waals surface area (Å²) in [4.78, 5) is 22.7. The Balaban J connectivity index is 1.49. The number of imidazole rings is 1. The van der Waals surface area contributed by atoms with Gasteiger partial charge in [0.25, 0.3) is 0 Å². The molecule has 0 unspecified atom stereocenters. The third kappa shape index (κ3) is 3.28. The number of thiazole rings is 1. The van der Waals surface area contributed by atoms with E-state index in [0.29, 0.717) is 5.13 Å². The van der Waals surface area contributed by atoms with Crippen molar-refractivity contribution in [2.45, 2.75) is 13.0 Å². The Hall–Kier alpha value is -4.49. The van der Waals surface area contributed by atoms with Gasteiger partial charge in [-0.1, -0.05) is 65.9 Å². The van der Waals surface area contributed by atoms with E-state index in [1.165, 1.54) is 11.3 Å². The van der Waals surface area contributed by atoms with Crippen LogP contribution < -0.4 is 11.4 Å². The average Bonchev–Trinajstić information content (AvgIpc) is 3.43. The molecular weight excluding hydrogens is 478 g/mol. The molecule has 180 valence electrons. The SMILES string of the molecule is C[C@H](c1cccc2ccccc12)n1c(=O)n(C)c2cnc3ccc(-c4ccc5nc(N)sc5c4)cc3c21. The normalized spacial score (nSPS) is 12.7. The molecule has 7 aromatic rings. The van der Waals surface area contributed by atoms with Crippen LogP contribution in [-0.2, 0) is 7.05 Å². The van der Waals surface area contributed by atoms with Crippen molar-refractivity contribution in [1.29, 1.82) is 0 Å². The molecular formula is C30H23N5OS. The summed E-state index contributed by atoms with van der Waals surface area (Å²) in [5.74, 6) is 0. The number of anilines is 1. The zero-order chi connectivity index (χ0) is 25.3. The van der Waals surface area contributed by atoms with Crippen LogP contribution in [0.5, 0.6) is 0 Å². The molecule has 0 bridgehead atoms. The summed E-state index contributed by atoms with van der Waals surface area (Å²) in [6.07, 6.45) is 1.80. The van der Waals surface area contributed by atoms with E-state index in [1.54, 1.807) is 10.8 Å². The Labute approximate surface area is 216 Å². The number of aryl methyl sites for hydroxylation is 1. The molecule has 0 spiro atoms. The lowest BCUT2D eigenvalue weighted by molar-refractivity contribution is 0.621. The van der Waals surface area contributed by atoms with Gasteiger partial charge in [0, 0.05) is 12.4 Å². The molecule has 7 rings (SSSR count). The Morgan fingerprint density at radius 1 is 0.892 bits per heavy atom. The fourth-order valence-electron chi connectivity index (χ4n) is 5.44. The van der Waals surface area contributed by atoms with Crippen LogP contribution in [0.15, 0.2) is 89.9 Å². The summed E-state index contributed by atoms with van der Waals surface area (Å²) in [7, 11) is 1.82. The zero-order valence-electron chi connectivity index (χ0n) is 20.3. The maximum atomic E-state index is 13.7. The highest BCUT2D eigenvalue weighted by Gasteiger charge is 2.21. The van der Waals surface area contributed by atoms with E-state index < -0.39 is 0 Å². The first-order valence-electron chi connectivity index (χ1n) is 12.1. The molecule has 0 saturated carbocycles. The largest absolute Gasteiger partial charge is 0.375 e. The van der Waals surface area contributed by atoms with Gasteiger partial charge in [0.2, 0.25) is 0 Å². The number of nitrogens with two attached hydrogens (primary N) is 1. The van der Waals surface area contributed by atoms with Crippen molar-refractivity contribution in [2.75, 3.05) is 5.73 Å². The number of nitrogens with zero attached hydrogens (tertiary/aromatic N) is 4. The van der Waals surface area contributed by atoms with Crippen LogP contribution in [0, 0.1) is 0 Å². The summed E-state index contributed by atoms with van der Waals surface area (Å²) in [6, 6.07) is 26.9. The Morgan fingerprint density at radius 3 is 2.51 bits per heavy atom. The van der Waals surface area contributed by atoms with Crippen molar-refractivity contribution in [2.24, 2.45) is 7.05 Å². The van der Waals surface area contributed by atoms with Gasteiger partial charge < -0.3 is 5.73 Å². The van der Waals surface area contributed by atoms with Gasteiger partial charge >= 0.3 is 5.69 Å². The Morgan fingerprint density at radius 2 is 1.65 bits per heavy atom. The first-order valence-corrected chi connectivity index (χ1v) is 12.9. The van der Waals surface area contributed by atoms with Crippen LogP contribution in [0.4, 0.5) is 5.13 Å². The molecule has 3 aromatic heterocycles. The highest BCUT2D eigenvalue weighted by Crippen LogP contribution is 2.34. The Kier molecular flexibility index (Phi) is 4.71. The lowest BCUT2D eigenvalue weighted by Crippen LogP contribution is -2.25. The van der Waals surface area contributed by atoms with Gasteiger partial charge in [-0.2, -0.15) is 0 Å². The van der Waals surface area contributed by atoms with Crippen molar-refractivity contribution >= 4 is 59.4 Å². The van der Waals surface area contributed by atoms with Gasteiger partial charge in [0.05, 0.1) is 39.0 Å². The second-order valence-electron chi connectivity index (χ2n) is 9.41. The van der Waals surface area contributed by atoms with E-state index in [1.807, 2.05) is 35.9 Å². The maximum absolute atomic E-state index is 13.7. The minimum atomic E-state index is -0.173. The lowest BCUT2D eigenvalue weighted by Gasteiger charge is -2.17. The Bertz CT molecular complexity index is 2060. The monoisotopic (exact) mass is 501 g/mol. The van der Waals surface area contributed by atoms with Gasteiger partial charge in [-0.25, -0.2) is 9.78 Å².